The van der Waals surface area contributed by atoms with Crippen molar-refractivity contribution in [2.24, 2.45) is 0 Å². The van der Waals surface area contributed by atoms with E-state index in [1.165, 1.54) is 30.5 Å². The summed E-state index contributed by atoms with van der Waals surface area (Å²) in [5.41, 5.74) is 3.33. The van der Waals surface area contributed by atoms with Crippen molar-refractivity contribution in [2.45, 2.75) is 38.1 Å². The molecular formula is C23H32N4O2. The van der Waals surface area contributed by atoms with Gasteiger partial charge in [0.2, 0.25) is 5.91 Å². The fourth-order valence-corrected chi connectivity index (χ4v) is 5.18. The first-order chi connectivity index (χ1) is 14.2. The van der Waals surface area contributed by atoms with E-state index in [1.54, 1.807) is 0 Å². The highest BCUT2D eigenvalue weighted by atomic mass is 16.2. The largest absolute Gasteiger partial charge is 0.369 e. The molecule has 0 bridgehead atoms. The zero-order chi connectivity index (χ0) is 19.8. The summed E-state index contributed by atoms with van der Waals surface area (Å²) in [6.07, 6.45) is 5.60. The first-order valence-corrected chi connectivity index (χ1v) is 11.3. The summed E-state index contributed by atoms with van der Waals surface area (Å²) in [5, 5.41) is 0. The molecule has 0 radical (unpaired) electrons. The number of carbonyl (C=O) groups is 2. The molecule has 3 fully saturated rings. The van der Waals surface area contributed by atoms with Crippen LogP contribution in [0.1, 0.15) is 41.6 Å². The lowest BCUT2D eigenvalue weighted by molar-refractivity contribution is -0.134. The lowest BCUT2D eigenvalue weighted by atomic mass is 9.91. The van der Waals surface area contributed by atoms with Crippen LogP contribution >= 0.6 is 0 Å². The van der Waals surface area contributed by atoms with Crippen LogP contribution in [0.3, 0.4) is 0 Å². The van der Waals surface area contributed by atoms with Gasteiger partial charge in [0.1, 0.15) is 0 Å². The maximum atomic E-state index is 12.8. The Morgan fingerprint density at radius 1 is 0.931 bits per heavy atom. The van der Waals surface area contributed by atoms with Gasteiger partial charge in [0, 0.05) is 76.1 Å². The molecule has 5 rings (SSSR count). The molecule has 0 spiro atoms. The number of hydrogen-bond acceptors (Lipinski definition) is 5. The van der Waals surface area contributed by atoms with Gasteiger partial charge in [-0.2, -0.15) is 0 Å². The number of rotatable bonds is 4. The molecule has 2 heterocycles. The van der Waals surface area contributed by atoms with Crippen LogP contribution in [0, 0.1) is 0 Å². The number of fused-ring (bicyclic) bond motifs is 1. The third kappa shape index (κ3) is 3.92. The predicted octanol–water partition coefficient (Wildman–Crippen LogP) is 1.63. The Morgan fingerprint density at radius 3 is 2.38 bits per heavy atom. The van der Waals surface area contributed by atoms with Crippen molar-refractivity contribution < 1.29 is 9.59 Å². The molecule has 0 aromatic heterocycles. The monoisotopic (exact) mass is 396 g/mol. The lowest BCUT2D eigenvalue weighted by Gasteiger charge is -2.43. The summed E-state index contributed by atoms with van der Waals surface area (Å²) in [4.78, 5) is 33.9. The van der Waals surface area contributed by atoms with Gasteiger partial charge < -0.3 is 9.80 Å². The van der Waals surface area contributed by atoms with Crippen LogP contribution in [0.5, 0.6) is 0 Å². The quantitative estimate of drug-likeness (QED) is 0.774. The highest BCUT2D eigenvalue weighted by molar-refractivity contribution is 6.00. The van der Waals surface area contributed by atoms with Gasteiger partial charge >= 0.3 is 0 Å². The summed E-state index contributed by atoms with van der Waals surface area (Å²) in [6.45, 7) is 8.15. The fourth-order valence-electron chi connectivity index (χ4n) is 5.18. The van der Waals surface area contributed by atoms with Crippen molar-refractivity contribution in [3.63, 3.8) is 0 Å². The van der Waals surface area contributed by atoms with Gasteiger partial charge in [-0.1, -0.05) is 6.42 Å². The molecule has 1 amide bonds. The van der Waals surface area contributed by atoms with Gasteiger partial charge in [0.15, 0.2) is 5.78 Å². The van der Waals surface area contributed by atoms with Crippen LogP contribution in [0.2, 0.25) is 0 Å². The molecule has 1 aromatic carbocycles. The number of aryl methyl sites for hydroxylation is 1. The van der Waals surface area contributed by atoms with E-state index < -0.39 is 0 Å². The minimum absolute atomic E-state index is 0.281. The van der Waals surface area contributed by atoms with Crippen LogP contribution < -0.4 is 4.90 Å². The first-order valence-electron chi connectivity index (χ1n) is 11.3. The second kappa shape index (κ2) is 8.07. The highest BCUT2D eigenvalue weighted by Gasteiger charge is 2.30. The predicted molar refractivity (Wildman–Crippen MR) is 114 cm³/mol. The average molecular weight is 397 g/mol. The molecule has 29 heavy (non-hydrogen) atoms. The first kappa shape index (κ1) is 19.1. The van der Waals surface area contributed by atoms with Gasteiger partial charge in [0.25, 0.3) is 0 Å². The van der Waals surface area contributed by atoms with Crippen molar-refractivity contribution in [2.75, 3.05) is 63.8 Å². The molecule has 0 unspecified atom stereocenters. The number of Topliss-reactive ketones (excluding diaryl/α,β-unsaturated/α-hetero) is 1. The molecule has 6 nitrogen and oxygen atoms in total. The molecule has 1 aromatic rings. The Bertz CT molecular complexity index is 775. The summed E-state index contributed by atoms with van der Waals surface area (Å²) in [7, 11) is 0. The number of ketones is 1. The topological polar surface area (TPSA) is 47.1 Å². The molecule has 2 saturated heterocycles. The Labute approximate surface area is 173 Å². The summed E-state index contributed by atoms with van der Waals surface area (Å²) < 4.78 is 0. The van der Waals surface area contributed by atoms with Crippen LogP contribution in [0.15, 0.2) is 18.2 Å². The van der Waals surface area contributed by atoms with Crippen molar-refractivity contribution in [1.82, 2.24) is 14.7 Å². The molecule has 156 valence electrons. The highest BCUT2D eigenvalue weighted by Crippen LogP contribution is 2.28. The van der Waals surface area contributed by atoms with E-state index in [1.807, 2.05) is 6.07 Å². The maximum absolute atomic E-state index is 12.8. The third-order valence-electron chi connectivity index (χ3n) is 7.37. The van der Waals surface area contributed by atoms with Gasteiger partial charge in [-0.05, 0) is 43.0 Å². The molecule has 6 heteroatoms. The molecule has 2 aliphatic carbocycles. The molecule has 0 N–H and O–H groups in total. The summed E-state index contributed by atoms with van der Waals surface area (Å²) in [6, 6.07) is 7.07. The summed E-state index contributed by atoms with van der Waals surface area (Å²) >= 11 is 0. The third-order valence-corrected chi connectivity index (χ3v) is 7.37. The van der Waals surface area contributed by atoms with Crippen molar-refractivity contribution in [3.05, 3.63) is 29.3 Å². The summed E-state index contributed by atoms with van der Waals surface area (Å²) in [5.74, 6) is 0.575. The van der Waals surface area contributed by atoms with Crippen molar-refractivity contribution in [3.8, 4) is 0 Å². The Hall–Kier alpha value is -1.92. The minimum atomic E-state index is 0.281. The zero-order valence-electron chi connectivity index (χ0n) is 17.3. The van der Waals surface area contributed by atoms with E-state index >= 15 is 0 Å². The molecule has 4 aliphatic rings. The van der Waals surface area contributed by atoms with Gasteiger partial charge in [0.05, 0.1) is 6.54 Å². The number of carbonyl (C=O) groups excluding carboxylic acids is 2. The van der Waals surface area contributed by atoms with E-state index in [4.69, 9.17) is 0 Å². The number of anilines is 1. The van der Waals surface area contributed by atoms with E-state index in [0.29, 0.717) is 18.9 Å². The average Bonchev–Trinajstić information content (AvgIpc) is 3.08. The van der Waals surface area contributed by atoms with Gasteiger partial charge in [-0.3, -0.25) is 19.4 Å². The molecule has 2 aliphatic heterocycles. The van der Waals surface area contributed by atoms with Gasteiger partial charge in [-0.25, -0.2) is 0 Å². The van der Waals surface area contributed by atoms with E-state index in [9.17, 15) is 9.59 Å². The van der Waals surface area contributed by atoms with Gasteiger partial charge in [-0.15, -0.1) is 0 Å². The lowest BCUT2D eigenvalue weighted by Crippen LogP contribution is -2.56. The smallest absolute Gasteiger partial charge is 0.236 e. The van der Waals surface area contributed by atoms with Crippen LogP contribution in [-0.4, -0.2) is 91.3 Å². The normalized spacial score (nSPS) is 23.9. The number of amides is 1. The standard InChI is InChI=1S/C23H32N4O2/c28-22-7-4-18-16-20(5-6-21(18)22)26-10-8-24(9-11-26)17-23(29)27-14-12-25(13-15-27)19-2-1-3-19/h5-6,16,19H,1-4,7-15,17H2. The van der Waals surface area contributed by atoms with Crippen molar-refractivity contribution in [1.29, 1.82) is 0 Å². The SMILES string of the molecule is O=C1CCc2cc(N3CCN(CC(=O)N4CCN(C5CCC5)CC4)CC3)ccc21. The molecule has 0 atom stereocenters. The molecule has 1 saturated carbocycles. The minimum Gasteiger partial charge on any atom is -0.369 e. The number of benzene rings is 1. The van der Waals surface area contributed by atoms with E-state index in [2.05, 4.69) is 31.7 Å². The van der Waals surface area contributed by atoms with E-state index in [-0.39, 0.29) is 5.78 Å². The Morgan fingerprint density at radius 2 is 1.69 bits per heavy atom. The van der Waals surface area contributed by atoms with Crippen molar-refractivity contribution >= 4 is 17.4 Å². The second-order valence-electron chi connectivity index (χ2n) is 9.03. The molecular weight excluding hydrogens is 364 g/mol. The number of hydrogen-bond donors (Lipinski definition) is 0. The van der Waals surface area contributed by atoms with Crippen LogP contribution in [0.4, 0.5) is 5.69 Å². The maximum Gasteiger partial charge on any atom is 0.236 e. The number of nitrogens with zero attached hydrogens (tertiary/aromatic N) is 4. The van der Waals surface area contributed by atoms with E-state index in [0.717, 1.165) is 70.4 Å². The van der Waals surface area contributed by atoms with Crippen LogP contribution in [-0.2, 0) is 11.2 Å². The zero-order valence-corrected chi connectivity index (χ0v) is 17.3. The number of piperazine rings is 2. The Balaban J connectivity index is 1.09. The second-order valence-corrected chi connectivity index (χ2v) is 9.03. The van der Waals surface area contributed by atoms with Crippen LogP contribution in [0.25, 0.3) is 0 Å². The Kier molecular flexibility index (Phi) is 5.31. The fraction of sp³-hybridized carbons (Fsp3) is 0.652.